The van der Waals surface area contributed by atoms with Crippen LogP contribution in [0.5, 0.6) is 0 Å². The van der Waals surface area contributed by atoms with Crippen LogP contribution < -0.4 is 4.90 Å². The van der Waals surface area contributed by atoms with Gasteiger partial charge in [-0.05, 0) is 19.9 Å². The minimum atomic E-state index is -1.39. The Kier molecular flexibility index (Phi) is 3.30. The summed E-state index contributed by atoms with van der Waals surface area (Å²) in [6, 6.07) is 2.91. The summed E-state index contributed by atoms with van der Waals surface area (Å²) >= 11 is 0. The van der Waals surface area contributed by atoms with E-state index in [1.165, 1.54) is 13.8 Å². The van der Waals surface area contributed by atoms with Crippen LogP contribution in [0.3, 0.4) is 0 Å². The minimum absolute atomic E-state index is 0.183. The zero-order valence-corrected chi connectivity index (χ0v) is 11.1. The molecule has 0 saturated carbocycles. The van der Waals surface area contributed by atoms with Crippen LogP contribution in [0.2, 0.25) is 0 Å². The van der Waals surface area contributed by atoms with E-state index in [0.29, 0.717) is 4.90 Å². The van der Waals surface area contributed by atoms with E-state index < -0.39 is 28.4 Å². The number of carboxylic acids is 1. The number of benzene rings is 1. The van der Waals surface area contributed by atoms with Gasteiger partial charge in [-0.15, -0.1) is 0 Å². The number of hydrogen-bond donors (Lipinski definition) is 1. The van der Waals surface area contributed by atoms with Crippen molar-refractivity contribution in [2.75, 3.05) is 4.90 Å². The molecule has 0 aromatic heterocycles. The Balaban J connectivity index is 2.65. The number of non-ortho nitro benzene ring substituents is 1. The van der Waals surface area contributed by atoms with Gasteiger partial charge in [-0.3, -0.25) is 19.7 Å². The Morgan fingerprint density at radius 3 is 2.14 bits per heavy atom. The summed E-state index contributed by atoms with van der Waals surface area (Å²) in [5, 5.41) is 19.9. The predicted molar refractivity (Wildman–Crippen MR) is 70.9 cm³/mol. The number of carboxylic acid groups (broad SMARTS) is 1. The van der Waals surface area contributed by atoms with Gasteiger partial charge < -0.3 is 5.11 Å². The molecule has 1 N–H and O–H groups in total. The highest BCUT2D eigenvalue weighted by Crippen LogP contribution is 2.32. The maximum atomic E-state index is 12.1. The van der Waals surface area contributed by atoms with Gasteiger partial charge >= 0.3 is 5.97 Å². The van der Waals surface area contributed by atoms with Crippen LogP contribution in [0, 0.1) is 10.1 Å². The monoisotopic (exact) mass is 290 g/mol. The van der Waals surface area contributed by atoms with Gasteiger partial charge in [0.2, 0.25) is 0 Å². The van der Waals surface area contributed by atoms with E-state index in [0.717, 1.165) is 18.2 Å². The molecule has 0 fully saturated rings. The summed E-state index contributed by atoms with van der Waals surface area (Å²) in [5.74, 6) is -2.75. The Morgan fingerprint density at radius 2 is 1.71 bits per heavy atom. The first kappa shape index (κ1) is 14.4. The minimum Gasteiger partial charge on any atom is -0.478 e. The molecule has 0 atom stereocenters. The average molecular weight is 290 g/mol. The highest BCUT2D eigenvalue weighted by atomic mass is 16.6. The number of nitro benzene ring substituents is 1. The van der Waals surface area contributed by atoms with Gasteiger partial charge in [-0.2, -0.15) is 0 Å². The number of carbonyl (C=O) groups is 3. The molecule has 0 radical (unpaired) electrons. The lowest BCUT2D eigenvalue weighted by molar-refractivity contribution is -0.384. The molecule has 2 amide bonds. The van der Waals surface area contributed by atoms with Gasteiger partial charge in [0.25, 0.3) is 17.5 Å². The molecule has 0 bridgehead atoms. The van der Waals surface area contributed by atoms with E-state index >= 15 is 0 Å². The zero-order valence-electron chi connectivity index (χ0n) is 11.1. The standard InChI is InChI=1S/C13H10N2O6/c1-6-7(2)12(17)14(11(6)16)10-5-8(15(20)21)3-4-9(10)13(18)19/h3-5H,1-2H3,(H,18,19). The molecule has 108 valence electrons. The van der Waals surface area contributed by atoms with E-state index in [4.69, 9.17) is 5.11 Å². The number of nitrogens with zero attached hydrogens (tertiary/aromatic N) is 2. The summed E-state index contributed by atoms with van der Waals surface area (Å²) in [6.45, 7) is 2.88. The number of nitro groups is 1. The lowest BCUT2D eigenvalue weighted by atomic mass is 10.1. The Hall–Kier alpha value is -3.03. The fraction of sp³-hybridized carbons (Fsp3) is 0.154. The molecule has 0 spiro atoms. The molecule has 1 aromatic carbocycles. The van der Waals surface area contributed by atoms with Crippen molar-refractivity contribution in [3.63, 3.8) is 0 Å². The van der Waals surface area contributed by atoms with Crippen molar-refractivity contribution in [3.8, 4) is 0 Å². The van der Waals surface area contributed by atoms with Crippen LogP contribution in [-0.2, 0) is 9.59 Å². The third-order valence-electron chi connectivity index (χ3n) is 3.27. The number of carbonyl (C=O) groups excluding carboxylic acids is 2. The summed E-state index contributed by atoms with van der Waals surface area (Å²) in [5.41, 5.74) is -0.698. The maximum Gasteiger partial charge on any atom is 0.337 e. The number of rotatable bonds is 3. The van der Waals surface area contributed by atoms with Crippen LogP contribution in [0.15, 0.2) is 29.3 Å². The van der Waals surface area contributed by atoms with Gasteiger partial charge in [-0.1, -0.05) is 0 Å². The van der Waals surface area contributed by atoms with Crippen molar-refractivity contribution < 1.29 is 24.4 Å². The van der Waals surface area contributed by atoms with Gasteiger partial charge in [0, 0.05) is 23.3 Å². The van der Waals surface area contributed by atoms with Gasteiger partial charge in [0.15, 0.2) is 0 Å². The number of aromatic carboxylic acids is 1. The molecule has 2 rings (SSSR count). The van der Waals surface area contributed by atoms with Crippen LogP contribution in [0.4, 0.5) is 11.4 Å². The summed E-state index contributed by atoms with van der Waals surface area (Å²) < 4.78 is 0. The molecule has 0 aliphatic carbocycles. The predicted octanol–water partition coefficient (Wildman–Crippen LogP) is 1.50. The average Bonchev–Trinajstić information content (AvgIpc) is 2.62. The second kappa shape index (κ2) is 4.82. The van der Waals surface area contributed by atoms with Crippen molar-refractivity contribution >= 4 is 29.2 Å². The van der Waals surface area contributed by atoms with Crippen LogP contribution in [0.1, 0.15) is 24.2 Å². The zero-order chi connectivity index (χ0) is 15.9. The molecular weight excluding hydrogens is 280 g/mol. The van der Waals surface area contributed by atoms with Crippen LogP contribution in [-0.4, -0.2) is 27.8 Å². The highest BCUT2D eigenvalue weighted by Gasteiger charge is 2.37. The van der Waals surface area contributed by atoms with Gasteiger partial charge in [0.05, 0.1) is 16.2 Å². The molecular formula is C13H10N2O6. The molecule has 0 saturated heterocycles. The van der Waals surface area contributed by atoms with E-state index in [9.17, 15) is 24.5 Å². The fourth-order valence-electron chi connectivity index (χ4n) is 1.97. The van der Waals surface area contributed by atoms with E-state index in [2.05, 4.69) is 0 Å². The van der Waals surface area contributed by atoms with Crippen molar-refractivity contribution in [1.29, 1.82) is 0 Å². The molecule has 21 heavy (non-hydrogen) atoms. The number of hydrogen-bond acceptors (Lipinski definition) is 5. The first-order valence-electron chi connectivity index (χ1n) is 5.83. The number of amides is 2. The second-order valence-electron chi connectivity index (χ2n) is 4.46. The lowest BCUT2D eigenvalue weighted by Crippen LogP contribution is -2.32. The maximum absolute atomic E-state index is 12.1. The Labute approximate surface area is 118 Å². The lowest BCUT2D eigenvalue weighted by Gasteiger charge is -2.17. The van der Waals surface area contributed by atoms with Crippen LogP contribution >= 0.6 is 0 Å². The number of imide groups is 1. The molecule has 8 nitrogen and oxygen atoms in total. The molecule has 1 aliphatic heterocycles. The van der Waals surface area contributed by atoms with E-state index in [1.54, 1.807) is 0 Å². The molecule has 8 heteroatoms. The van der Waals surface area contributed by atoms with Crippen LogP contribution in [0.25, 0.3) is 0 Å². The Bertz CT molecular complexity index is 710. The molecule has 1 heterocycles. The summed E-state index contributed by atoms with van der Waals surface area (Å²) in [6.07, 6.45) is 0. The second-order valence-corrected chi connectivity index (χ2v) is 4.46. The quantitative estimate of drug-likeness (QED) is 0.512. The van der Waals surface area contributed by atoms with Crippen molar-refractivity contribution in [1.82, 2.24) is 0 Å². The van der Waals surface area contributed by atoms with E-state index in [1.807, 2.05) is 0 Å². The van der Waals surface area contributed by atoms with Crippen molar-refractivity contribution in [2.24, 2.45) is 0 Å². The van der Waals surface area contributed by atoms with Crippen molar-refractivity contribution in [3.05, 3.63) is 45.0 Å². The van der Waals surface area contributed by atoms with Gasteiger partial charge in [0.1, 0.15) is 0 Å². The first-order chi connectivity index (χ1) is 9.75. The summed E-state index contributed by atoms with van der Waals surface area (Å²) in [4.78, 5) is 46.1. The smallest absolute Gasteiger partial charge is 0.337 e. The number of anilines is 1. The Morgan fingerprint density at radius 1 is 1.19 bits per heavy atom. The fourth-order valence-corrected chi connectivity index (χ4v) is 1.97. The van der Waals surface area contributed by atoms with E-state index in [-0.39, 0.29) is 22.4 Å². The third-order valence-corrected chi connectivity index (χ3v) is 3.27. The molecule has 1 aliphatic rings. The molecule has 0 unspecified atom stereocenters. The first-order valence-corrected chi connectivity index (χ1v) is 5.83. The highest BCUT2D eigenvalue weighted by molar-refractivity contribution is 6.33. The molecule has 1 aromatic rings. The normalized spacial score (nSPS) is 14.9. The van der Waals surface area contributed by atoms with Crippen molar-refractivity contribution in [2.45, 2.75) is 13.8 Å². The van der Waals surface area contributed by atoms with Gasteiger partial charge in [-0.25, -0.2) is 9.69 Å². The largest absolute Gasteiger partial charge is 0.478 e. The third kappa shape index (κ3) is 2.16. The SMILES string of the molecule is CC1=C(C)C(=O)N(c2cc([N+](=O)[O-])ccc2C(=O)O)C1=O. The summed E-state index contributed by atoms with van der Waals surface area (Å²) in [7, 11) is 0. The topological polar surface area (TPSA) is 118 Å².